The van der Waals surface area contributed by atoms with Crippen LogP contribution in [0.5, 0.6) is 0 Å². The molecule has 0 unspecified atom stereocenters. The average Bonchev–Trinajstić information content (AvgIpc) is 3.37. The number of aromatic nitrogens is 2. The van der Waals surface area contributed by atoms with Gasteiger partial charge in [0.2, 0.25) is 0 Å². The molecule has 0 spiro atoms. The Labute approximate surface area is 169 Å². The third-order valence-electron chi connectivity index (χ3n) is 5.89. The van der Waals surface area contributed by atoms with Crippen LogP contribution < -0.4 is 5.32 Å². The number of amides is 1. The normalized spacial score (nSPS) is 16.4. The van der Waals surface area contributed by atoms with Crippen molar-refractivity contribution in [1.82, 2.24) is 14.9 Å². The van der Waals surface area contributed by atoms with E-state index < -0.39 is 0 Å². The Kier molecular flexibility index (Phi) is 3.20. The Morgan fingerprint density at radius 1 is 1.00 bits per heavy atom. The largest absolute Gasteiger partial charge is 0.361 e. The Morgan fingerprint density at radius 3 is 2.79 bits per heavy atom. The molecule has 4 aromatic rings. The van der Waals surface area contributed by atoms with E-state index in [0.29, 0.717) is 10.6 Å². The lowest BCUT2D eigenvalue weighted by Crippen LogP contribution is -2.21. The maximum Gasteiger partial charge on any atom is 0.257 e. The van der Waals surface area contributed by atoms with Crippen LogP contribution in [-0.4, -0.2) is 20.4 Å². The number of benzene rings is 2. The monoisotopic (exact) mass is 387 g/mol. The summed E-state index contributed by atoms with van der Waals surface area (Å²) in [7, 11) is 0. The van der Waals surface area contributed by atoms with Crippen molar-refractivity contribution in [2.24, 2.45) is 0 Å². The van der Waals surface area contributed by atoms with Gasteiger partial charge in [-0.15, -0.1) is 0 Å². The van der Waals surface area contributed by atoms with Crippen LogP contribution in [0.1, 0.15) is 26.0 Å². The molecular formula is C23H21N3OS. The summed E-state index contributed by atoms with van der Waals surface area (Å²) < 4.78 is 2.29. The number of aryl methyl sites for hydroxylation is 2. The van der Waals surface area contributed by atoms with Crippen LogP contribution in [0.2, 0.25) is 0 Å². The summed E-state index contributed by atoms with van der Waals surface area (Å²) in [5.74, 6) is -0.117. The van der Waals surface area contributed by atoms with Crippen LogP contribution in [-0.2, 0) is 17.8 Å². The van der Waals surface area contributed by atoms with Gasteiger partial charge in [-0.1, -0.05) is 48.6 Å². The van der Waals surface area contributed by atoms with Crippen molar-refractivity contribution in [3.63, 3.8) is 0 Å². The SMILES string of the molecule is O=C1NC(=S)C(c2c[nH]c3ccccc23)=C1c1cn2c3c(cccc13)CCC2.[HH].[HH]. The van der Waals surface area contributed by atoms with Crippen LogP contribution in [0, 0.1) is 0 Å². The highest BCUT2D eigenvalue weighted by Crippen LogP contribution is 2.40. The minimum Gasteiger partial charge on any atom is -0.361 e. The number of hydrogen-bond donors (Lipinski definition) is 2. The van der Waals surface area contributed by atoms with E-state index in [1.807, 2.05) is 24.4 Å². The summed E-state index contributed by atoms with van der Waals surface area (Å²) in [5.41, 5.74) is 7.08. The lowest BCUT2D eigenvalue weighted by Gasteiger charge is -2.14. The molecule has 2 aromatic heterocycles. The second-order valence-corrected chi connectivity index (χ2v) is 7.84. The molecule has 0 atom stereocenters. The summed E-state index contributed by atoms with van der Waals surface area (Å²) in [6.07, 6.45) is 6.29. The van der Waals surface area contributed by atoms with Crippen molar-refractivity contribution in [2.45, 2.75) is 19.4 Å². The third kappa shape index (κ3) is 2.05. The predicted molar refractivity (Wildman–Crippen MR) is 120 cm³/mol. The van der Waals surface area contributed by atoms with E-state index in [0.717, 1.165) is 52.4 Å². The molecule has 2 aromatic carbocycles. The summed E-state index contributed by atoms with van der Waals surface area (Å²) in [4.78, 5) is 16.8. The van der Waals surface area contributed by atoms with Gasteiger partial charge in [0.05, 0.1) is 11.1 Å². The van der Waals surface area contributed by atoms with Crippen molar-refractivity contribution in [3.05, 3.63) is 71.5 Å². The minimum absolute atomic E-state index is 0. The molecule has 0 saturated heterocycles. The quantitative estimate of drug-likeness (QED) is 0.479. The maximum atomic E-state index is 13.0. The van der Waals surface area contributed by atoms with Gasteiger partial charge in [-0.2, -0.15) is 0 Å². The van der Waals surface area contributed by atoms with Crippen molar-refractivity contribution in [3.8, 4) is 0 Å². The first-order valence-corrected chi connectivity index (χ1v) is 9.91. The van der Waals surface area contributed by atoms with E-state index in [2.05, 4.69) is 45.3 Å². The summed E-state index contributed by atoms with van der Waals surface area (Å²) >= 11 is 5.59. The number of nitrogens with zero attached hydrogens (tertiary/aromatic N) is 1. The number of para-hydroxylation sites is 2. The molecule has 4 nitrogen and oxygen atoms in total. The van der Waals surface area contributed by atoms with Crippen LogP contribution in [0.15, 0.2) is 54.9 Å². The Hall–Kier alpha value is -3.18. The first-order chi connectivity index (χ1) is 13.7. The third-order valence-corrected chi connectivity index (χ3v) is 6.19. The smallest absolute Gasteiger partial charge is 0.257 e. The molecule has 1 amide bonds. The Bertz CT molecular complexity index is 1370. The molecule has 0 aliphatic carbocycles. The highest BCUT2D eigenvalue weighted by atomic mass is 32.1. The zero-order valence-corrected chi connectivity index (χ0v) is 15.9. The number of hydrogen-bond acceptors (Lipinski definition) is 2. The fourth-order valence-corrected chi connectivity index (χ4v) is 5.01. The van der Waals surface area contributed by atoms with Crippen LogP contribution in [0.4, 0.5) is 0 Å². The number of nitrogens with one attached hydrogen (secondary N) is 2. The van der Waals surface area contributed by atoms with Crippen molar-refractivity contribution >= 4 is 56.1 Å². The second-order valence-electron chi connectivity index (χ2n) is 7.43. The lowest BCUT2D eigenvalue weighted by atomic mass is 9.95. The highest BCUT2D eigenvalue weighted by molar-refractivity contribution is 7.81. The van der Waals surface area contributed by atoms with Crippen LogP contribution in [0.25, 0.3) is 33.0 Å². The van der Waals surface area contributed by atoms with Crippen LogP contribution >= 0.6 is 12.2 Å². The summed E-state index contributed by atoms with van der Waals surface area (Å²) in [5, 5.41) is 5.09. The van der Waals surface area contributed by atoms with Gasteiger partial charge in [0.1, 0.15) is 4.99 Å². The molecule has 140 valence electrons. The topological polar surface area (TPSA) is 49.8 Å². The molecule has 4 heterocycles. The molecule has 0 bridgehead atoms. The molecule has 0 radical (unpaired) electrons. The average molecular weight is 388 g/mol. The fraction of sp³-hybridized carbons (Fsp3) is 0.130. The zero-order valence-electron chi connectivity index (χ0n) is 15.1. The van der Waals surface area contributed by atoms with Crippen molar-refractivity contribution < 1.29 is 7.65 Å². The highest BCUT2D eigenvalue weighted by Gasteiger charge is 2.33. The fourth-order valence-electron chi connectivity index (χ4n) is 4.70. The van der Waals surface area contributed by atoms with Crippen molar-refractivity contribution in [2.75, 3.05) is 0 Å². The minimum atomic E-state index is -0.117. The van der Waals surface area contributed by atoms with Gasteiger partial charge in [-0.3, -0.25) is 4.79 Å². The molecule has 2 N–H and O–H groups in total. The van der Waals surface area contributed by atoms with Gasteiger partial charge >= 0.3 is 0 Å². The zero-order chi connectivity index (χ0) is 18.8. The van der Waals surface area contributed by atoms with Gasteiger partial charge in [-0.25, -0.2) is 0 Å². The predicted octanol–water partition coefficient (Wildman–Crippen LogP) is 4.93. The molecule has 2 aliphatic heterocycles. The van der Waals surface area contributed by atoms with E-state index in [1.54, 1.807) is 0 Å². The van der Waals surface area contributed by atoms with Gasteiger partial charge in [-0.05, 0) is 24.5 Å². The molecule has 6 rings (SSSR count). The molecule has 28 heavy (non-hydrogen) atoms. The van der Waals surface area contributed by atoms with Gasteiger partial charge in [0, 0.05) is 54.8 Å². The van der Waals surface area contributed by atoms with Gasteiger partial charge in [0.25, 0.3) is 5.91 Å². The van der Waals surface area contributed by atoms with Gasteiger partial charge < -0.3 is 14.9 Å². The van der Waals surface area contributed by atoms with E-state index in [1.165, 1.54) is 11.1 Å². The molecule has 0 fully saturated rings. The standard InChI is InChI=1S/C23H17N3OS.2H2/c27-22-19(17-12-26-10-4-6-13-5-3-8-15(17)21(13)26)20(23(28)25-22)16-11-24-18-9-2-1-7-14(16)18;;/h1-3,5,7-9,11-12,24H,4,6,10H2,(H,25,27,28);2*1H. The number of carbonyl (C=O) groups is 1. The van der Waals surface area contributed by atoms with E-state index in [9.17, 15) is 4.79 Å². The summed E-state index contributed by atoms with van der Waals surface area (Å²) in [6, 6.07) is 14.5. The van der Waals surface area contributed by atoms with E-state index >= 15 is 0 Å². The first-order valence-electron chi connectivity index (χ1n) is 9.50. The Morgan fingerprint density at radius 2 is 1.86 bits per heavy atom. The molecule has 5 heteroatoms. The van der Waals surface area contributed by atoms with Crippen molar-refractivity contribution in [1.29, 1.82) is 0 Å². The van der Waals surface area contributed by atoms with E-state index in [-0.39, 0.29) is 8.76 Å². The van der Waals surface area contributed by atoms with E-state index in [4.69, 9.17) is 12.2 Å². The lowest BCUT2D eigenvalue weighted by molar-refractivity contribution is -0.114. The number of carbonyl (C=O) groups excluding carboxylic acids is 1. The Balaban J connectivity index is 0.00000109. The second kappa shape index (κ2) is 5.66. The number of aromatic amines is 1. The summed E-state index contributed by atoms with van der Waals surface area (Å²) in [6.45, 7) is 0.981. The first kappa shape index (κ1) is 15.8. The number of H-pyrrole nitrogens is 1. The number of fused-ring (bicyclic) bond motifs is 1. The molecular weight excluding hydrogens is 366 g/mol. The maximum absolute atomic E-state index is 13.0. The van der Waals surface area contributed by atoms with Gasteiger partial charge in [0.15, 0.2) is 0 Å². The molecule has 2 aliphatic rings. The number of rotatable bonds is 2. The van der Waals surface area contributed by atoms with Crippen LogP contribution in [0.3, 0.4) is 0 Å². The number of thiocarbonyl (C=S) groups is 1. The molecule has 0 saturated carbocycles.